The number of fused-ring (bicyclic) bond motifs is 4. The molecule has 196 valence electrons. The van der Waals surface area contributed by atoms with E-state index in [-0.39, 0.29) is 17.2 Å². The highest BCUT2D eigenvalue weighted by atomic mass is 16.6. The Hall–Kier alpha value is -4.38. The van der Waals surface area contributed by atoms with E-state index in [1.807, 2.05) is 43.3 Å². The Morgan fingerprint density at radius 3 is 2.46 bits per heavy atom. The summed E-state index contributed by atoms with van der Waals surface area (Å²) in [5, 5.41) is 5.96. The molecule has 0 spiro atoms. The number of carbonyl (C=O) groups excluding carboxylic acids is 2. The van der Waals surface area contributed by atoms with Gasteiger partial charge < -0.3 is 14.8 Å². The van der Waals surface area contributed by atoms with Crippen LogP contribution in [0.4, 0.5) is 5.69 Å². The Kier molecular flexibility index (Phi) is 6.02. The van der Waals surface area contributed by atoms with Crippen molar-refractivity contribution in [1.29, 1.82) is 0 Å². The summed E-state index contributed by atoms with van der Waals surface area (Å²) in [5.41, 5.74) is 6.34. The van der Waals surface area contributed by atoms with Crippen molar-refractivity contribution in [3.05, 3.63) is 107 Å². The molecule has 0 amide bonds. The van der Waals surface area contributed by atoms with E-state index >= 15 is 0 Å². The van der Waals surface area contributed by atoms with Gasteiger partial charge in [0.15, 0.2) is 17.3 Å². The summed E-state index contributed by atoms with van der Waals surface area (Å²) >= 11 is 0. The summed E-state index contributed by atoms with van der Waals surface area (Å²) in [5.74, 6) is 0.475. The zero-order valence-corrected chi connectivity index (χ0v) is 22.6. The lowest BCUT2D eigenvalue weighted by Crippen LogP contribution is -2.33. The van der Waals surface area contributed by atoms with Crippen molar-refractivity contribution in [3.63, 3.8) is 0 Å². The number of hydrogen-bond acceptors (Lipinski definition) is 5. The third-order valence-electron chi connectivity index (χ3n) is 7.75. The van der Waals surface area contributed by atoms with Gasteiger partial charge >= 0.3 is 5.97 Å². The molecule has 1 aliphatic heterocycles. The maximum Gasteiger partial charge on any atom is 0.343 e. The zero-order valence-electron chi connectivity index (χ0n) is 22.6. The molecule has 0 bridgehead atoms. The number of allylic oxidation sites excluding steroid dienone is 1. The molecule has 5 heteroatoms. The second-order valence-electron chi connectivity index (χ2n) is 11.3. The number of esters is 1. The first-order valence-electron chi connectivity index (χ1n) is 13.3. The molecule has 6 rings (SSSR count). The zero-order chi connectivity index (χ0) is 27.3. The fraction of sp³-hybridized carbons (Fsp3) is 0.235. The molecular weight excluding hydrogens is 486 g/mol. The molecule has 0 unspecified atom stereocenters. The van der Waals surface area contributed by atoms with Crippen LogP contribution >= 0.6 is 0 Å². The normalized spacial score (nSPS) is 17.7. The number of ether oxygens (including phenoxy) is 2. The van der Waals surface area contributed by atoms with Crippen LogP contribution in [0.3, 0.4) is 0 Å². The number of benzene rings is 4. The number of carbonyl (C=O) groups is 2. The van der Waals surface area contributed by atoms with Crippen molar-refractivity contribution in [1.82, 2.24) is 0 Å². The molecule has 0 fully saturated rings. The molecule has 4 aromatic rings. The van der Waals surface area contributed by atoms with E-state index in [1.165, 1.54) is 0 Å². The average molecular weight is 518 g/mol. The van der Waals surface area contributed by atoms with Gasteiger partial charge in [-0.15, -0.1) is 0 Å². The maximum atomic E-state index is 13.7. The van der Waals surface area contributed by atoms with E-state index in [9.17, 15) is 9.59 Å². The fourth-order valence-corrected chi connectivity index (χ4v) is 5.88. The van der Waals surface area contributed by atoms with Crippen LogP contribution in [-0.2, 0) is 4.79 Å². The molecule has 1 aliphatic carbocycles. The van der Waals surface area contributed by atoms with Crippen LogP contribution in [0.25, 0.3) is 16.3 Å². The summed E-state index contributed by atoms with van der Waals surface area (Å²) in [6, 6.07) is 25.0. The number of methoxy groups -OCH3 is 1. The summed E-state index contributed by atoms with van der Waals surface area (Å²) in [6.45, 7) is 6.30. The van der Waals surface area contributed by atoms with Crippen molar-refractivity contribution in [2.45, 2.75) is 39.7 Å². The van der Waals surface area contributed by atoms with Crippen molar-refractivity contribution in [2.24, 2.45) is 5.41 Å². The van der Waals surface area contributed by atoms with Gasteiger partial charge in [0.1, 0.15) is 0 Å². The second-order valence-corrected chi connectivity index (χ2v) is 11.3. The summed E-state index contributed by atoms with van der Waals surface area (Å²) in [4.78, 5) is 26.5. The summed E-state index contributed by atoms with van der Waals surface area (Å²) in [6.07, 6.45) is 1.31. The average Bonchev–Trinajstić information content (AvgIpc) is 2.92. The second kappa shape index (κ2) is 9.42. The highest BCUT2D eigenvalue weighted by molar-refractivity contribution is 6.12. The molecule has 0 saturated carbocycles. The minimum atomic E-state index is -0.452. The quantitative estimate of drug-likeness (QED) is 0.222. The molecule has 2 aliphatic rings. The largest absolute Gasteiger partial charge is 0.493 e. The molecule has 39 heavy (non-hydrogen) atoms. The van der Waals surface area contributed by atoms with Gasteiger partial charge in [0.25, 0.3) is 0 Å². The first kappa shape index (κ1) is 24.9. The number of nitrogens with one attached hydrogen (secondary N) is 1. The van der Waals surface area contributed by atoms with Gasteiger partial charge in [-0.1, -0.05) is 67.9 Å². The first-order chi connectivity index (χ1) is 18.7. The lowest BCUT2D eigenvalue weighted by atomic mass is 9.68. The maximum absolute atomic E-state index is 13.7. The highest BCUT2D eigenvalue weighted by Crippen LogP contribution is 2.52. The summed E-state index contributed by atoms with van der Waals surface area (Å²) < 4.78 is 11.4. The van der Waals surface area contributed by atoms with E-state index in [2.05, 4.69) is 43.4 Å². The third kappa shape index (κ3) is 4.48. The van der Waals surface area contributed by atoms with Crippen molar-refractivity contribution < 1.29 is 19.1 Å². The van der Waals surface area contributed by atoms with Crippen LogP contribution in [0, 0.1) is 12.3 Å². The van der Waals surface area contributed by atoms with Gasteiger partial charge in [-0.05, 0) is 71.0 Å². The number of anilines is 1. The van der Waals surface area contributed by atoms with E-state index in [1.54, 1.807) is 25.3 Å². The molecule has 1 heterocycles. The minimum absolute atomic E-state index is 0.127. The number of rotatable bonds is 4. The van der Waals surface area contributed by atoms with Crippen LogP contribution in [0.15, 0.2) is 84.4 Å². The highest BCUT2D eigenvalue weighted by Gasteiger charge is 2.41. The van der Waals surface area contributed by atoms with E-state index < -0.39 is 5.97 Å². The molecule has 1 atom stereocenters. The topological polar surface area (TPSA) is 64.6 Å². The Balaban J connectivity index is 1.42. The van der Waals surface area contributed by atoms with Crippen LogP contribution in [0.1, 0.15) is 59.8 Å². The van der Waals surface area contributed by atoms with Crippen molar-refractivity contribution in [3.8, 4) is 11.5 Å². The van der Waals surface area contributed by atoms with Gasteiger partial charge in [-0.2, -0.15) is 0 Å². The number of ketones is 1. The van der Waals surface area contributed by atoms with Gasteiger partial charge in [-0.25, -0.2) is 4.79 Å². The SMILES string of the molecule is COc1cc([C@H]2Nc3ccc4ccccc4c3C3=C2C(=O)CC(C)(C)C3)ccc1OC(=O)c1ccc(C)cc1. The number of aryl methyl sites for hydroxylation is 1. The van der Waals surface area contributed by atoms with Gasteiger partial charge in [0, 0.05) is 23.2 Å². The third-order valence-corrected chi connectivity index (χ3v) is 7.75. The van der Waals surface area contributed by atoms with Crippen LogP contribution in [0.5, 0.6) is 11.5 Å². The van der Waals surface area contributed by atoms with Gasteiger partial charge in [-0.3, -0.25) is 4.79 Å². The number of hydrogen-bond donors (Lipinski definition) is 1. The monoisotopic (exact) mass is 517 g/mol. The molecule has 4 aromatic carbocycles. The van der Waals surface area contributed by atoms with Crippen molar-refractivity contribution in [2.75, 3.05) is 12.4 Å². The predicted molar refractivity (Wildman–Crippen MR) is 154 cm³/mol. The molecule has 1 N–H and O–H groups in total. The molecule has 0 saturated heterocycles. The lowest BCUT2D eigenvalue weighted by molar-refractivity contribution is -0.118. The molecular formula is C34H31NO4. The predicted octanol–water partition coefficient (Wildman–Crippen LogP) is 7.69. The van der Waals surface area contributed by atoms with E-state index in [0.717, 1.165) is 50.7 Å². The van der Waals surface area contributed by atoms with Gasteiger partial charge in [0.05, 0.1) is 18.7 Å². The standard InChI is InChI=1S/C34H31NO4/c1-20-9-11-22(12-10-20)33(37)39-28-16-14-23(17-29(28)38-4)32-31-25(18-34(2,3)19-27(31)36)30-24-8-6-5-7-21(24)13-15-26(30)35-32/h5-17,32,35H,18-19H2,1-4H3/t32-/m1/s1. The molecule has 5 nitrogen and oxygen atoms in total. The summed E-state index contributed by atoms with van der Waals surface area (Å²) in [7, 11) is 1.55. The Bertz CT molecular complexity index is 1660. The Labute approximate surface area is 228 Å². The van der Waals surface area contributed by atoms with Crippen LogP contribution in [-0.4, -0.2) is 18.9 Å². The Morgan fingerprint density at radius 2 is 1.69 bits per heavy atom. The van der Waals surface area contributed by atoms with E-state index in [4.69, 9.17) is 9.47 Å². The number of Topliss-reactive ketones (excluding diaryl/α,β-unsaturated/α-hetero) is 1. The lowest BCUT2D eigenvalue weighted by Gasteiger charge is -2.40. The smallest absolute Gasteiger partial charge is 0.343 e. The fourth-order valence-electron chi connectivity index (χ4n) is 5.88. The molecule has 0 aromatic heterocycles. The van der Waals surface area contributed by atoms with Crippen LogP contribution < -0.4 is 14.8 Å². The molecule has 0 radical (unpaired) electrons. The minimum Gasteiger partial charge on any atom is -0.493 e. The van der Waals surface area contributed by atoms with Crippen molar-refractivity contribution >= 4 is 33.8 Å². The van der Waals surface area contributed by atoms with Crippen LogP contribution in [0.2, 0.25) is 0 Å². The van der Waals surface area contributed by atoms with Gasteiger partial charge in [0.2, 0.25) is 0 Å². The first-order valence-corrected chi connectivity index (χ1v) is 13.3. The Morgan fingerprint density at radius 1 is 0.923 bits per heavy atom. The van der Waals surface area contributed by atoms with E-state index in [0.29, 0.717) is 23.5 Å².